The smallest absolute Gasteiger partial charge is 0.0295 e. The van der Waals surface area contributed by atoms with Gasteiger partial charge in [0.05, 0.1) is 0 Å². The molecule has 1 atom stereocenters. The molecule has 1 nitrogen and oxygen atoms in total. The van der Waals surface area contributed by atoms with Crippen LogP contribution in [-0.4, -0.2) is 17.5 Å². The zero-order valence-electron chi connectivity index (χ0n) is 13.3. The van der Waals surface area contributed by atoms with Crippen molar-refractivity contribution in [3.63, 3.8) is 0 Å². The van der Waals surface area contributed by atoms with Gasteiger partial charge in [-0.1, -0.05) is 37.6 Å². The molecule has 0 radical (unpaired) electrons. The third-order valence-corrected chi connectivity index (χ3v) is 5.94. The molecule has 1 aromatic carbocycles. The number of rotatable bonds is 7. The van der Waals surface area contributed by atoms with Gasteiger partial charge in [-0.3, -0.25) is 0 Å². The summed E-state index contributed by atoms with van der Waals surface area (Å²) in [6.45, 7) is 12.3. The Kier molecular flexibility index (Phi) is 6.41. The van der Waals surface area contributed by atoms with Gasteiger partial charge in [-0.2, -0.15) is 11.8 Å². The highest BCUT2D eigenvalue weighted by Gasteiger charge is 2.25. The first-order valence-electron chi connectivity index (χ1n) is 7.33. The van der Waals surface area contributed by atoms with Gasteiger partial charge in [0.15, 0.2) is 0 Å². The summed E-state index contributed by atoms with van der Waals surface area (Å²) in [5.41, 5.74) is 4.16. The van der Waals surface area contributed by atoms with Crippen molar-refractivity contribution in [1.82, 2.24) is 5.32 Å². The molecule has 0 spiro atoms. The normalized spacial score (nSPS) is 13.6. The van der Waals surface area contributed by atoms with Crippen molar-refractivity contribution in [2.45, 2.75) is 58.2 Å². The molecule has 0 bridgehead atoms. The van der Waals surface area contributed by atoms with Crippen LogP contribution in [0.15, 0.2) is 18.2 Å². The Labute approximate surface area is 123 Å². The predicted molar refractivity (Wildman–Crippen MR) is 89.2 cm³/mol. The van der Waals surface area contributed by atoms with Crippen molar-refractivity contribution in [1.29, 1.82) is 0 Å². The fourth-order valence-corrected chi connectivity index (χ4v) is 3.34. The minimum Gasteiger partial charge on any atom is -0.309 e. The number of thioether (sulfide) groups is 1. The SMILES string of the molecule is CCC(CC)(CNC(C)c1cc(C)ccc1C)SC. The molecule has 108 valence electrons. The van der Waals surface area contributed by atoms with Crippen LogP contribution in [0.2, 0.25) is 0 Å². The van der Waals surface area contributed by atoms with Crippen molar-refractivity contribution in [2.75, 3.05) is 12.8 Å². The molecule has 0 heterocycles. The molecule has 19 heavy (non-hydrogen) atoms. The lowest BCUT2D eigenvalue weighted by Gasteiger charge is -2.32. The summed E-state index contributed by atoms with van der Waals surface area (Å²) >= 11 is 2.00. The lowest BCUT2D eigenvalue weighted by molar-refractivity contribution is 0.459. The van der Waals surface area contributed by atoms with Crippen molar-refractivity contribution in [2.24, 2.45) is 0 Å². The van der Waals surface area contributed by atoms with Crippen LogP contribution in [0.25, 0.3) is 0 Å². The Morgan fingerprint density at radius 2 is 1.84 bits per heavy atom. The lowest BCUT2D eigenvalue weighted by Crippen LogP contribution is -2.37. The van der Waals surface area contributed by atoms with Gasteiger partial charge in [0.25, 0.3) is 0 Å². The van der Waals surface area contributed by atoms with Crippen LogP contribution in [0, 0.1) is 13.8 Å². The van der Waals surface area contributed by atoms with Gasteiger partial charge in [-0.25, -0.2) is 0 Å². The molecule has 0 saturated carbocycles. The minimum atomic E-state index is 0.381. The maximum Gasteiger partial charge on any atom is 0.0295 e. The molecule has 0 aromatic heterocycles. The minimum absolute atomic E-state index is 0.381. The van der Waals surface area contributed by atoms with E-state index >= 15 is 0 Å². The van der Waals surface area contributed by atoms with E-state index in [9.17, 15) is 0 Å². The highest BCUT2D eigenvalue weighted by molar-refractivity contribution is 8.00. The molecule has 2 heteroatoms. The maximum atomic E-state index is 3.74. The zero-order valence-corrected chi connectivity index (χ0v) is 14.2. The first-order valence-corrected chi connectivity index (χ1v) is 8.56. The van der Waals surface area contributed by atoms with Gasteiger partial charge in [0, 0.05) is 17.3 Å². The van der Waals surface area contributed by atoms with Gasteiger partial charge >= 0.3 is 0 Å². The second-order valence-corrected chi connectivity index (χ2v) is 6.83. The van der Waals surface area contributed by atoms with E-state index in [1.807, 2.05) is 11.8 Å². The summed E-state index contributed by atoms with van der Waals surface area (Å²) in [4.78, 5) is 0. The molecule has 0 aliphatic carbocycles. The molecule has 0 aliphatic heterocycles. The van der Waals surface area contributed by atoms with Crippen molar-refractivity contribution >= 4 is 11.8 Å². The zero-order chi connectivity index (χ0) is 14.5. The first-order chi connectivity index (χ1) is 8.98. The summed E-state index contributed by atoms with van der Waals surface area (Å²) in [5, 5.41) is 3.74. The van der Waals surface area contributed by atoms with E-state index < -0.39 is 0 Å². The molecule has 0 aliphatic rings. The van der Waals surface area contributed by atoms with E-state index in [1.165, 1.54) is 29.5 Å². The molecule has 0 amide bonds. The van der Waals surface area contributed by atoms with E-state index in [-0.39, 0.29) is 0 Å². The van der Waals surface area contributed by atoms with Gasteiger partial charge < -0.3 is 5.32 Å². The molecular weight excluding hydrogens is 250 g/mol. The van der Waals surface area contributed by atoms with E-state index in [4.69, 9.17) is 0 Å². The van der Waals surface area contributed by atoms with Crippen LogP contribution in [0.1, 0.15) is 56.3 Å². The summed E-state index contributed by atoms with van der Waals surface area (Å²) in [5.74, 6) is 0. The Morgan fingerprint density at radius 3 is 2.37 bits per heavy atom. The number of nitrogens with one attached hydrogen (secondary N) is 1. The fraction of sp³-hybridized carbons (Fsp3) is 0.647. The topological polar surface area (TPSA) is 12.0 Å². The summed E-state index contributed by atoms with van der Waals surface area (Å²) in [7, 11) is 0. The number of hydrogen-bond donors (Lipinski definition) is 1. The molecule has 1 N–H and O–H groups in total. The van der Waals surface area contributed by atoms with Crippen LogP contribution in [0.5, 0.6) is 0 Å². The van der Waals surface area contributed by atoms with Crippen LogP contribution >= 0.6 is 11.8 Å². The summed E-state index contributed by atoms with van der Waals surface area (Å²) in [6, 6.07) is 7.15. The molecule has 0 fully saturated rings. The Bertz CT molecular complexity index is 388. The van der Waals surface area contributed by atoms with Gasteiger partial charge in [0.2, 0.25) is 0 Å². The van der Waals surface area contributed by atoms with Crippen molar-refractivity contribution in [3.05, 3.63) is 34.9 Å². The number of aryl methyl sites for hydroxylation is 2. The maximum absolute atomic E-state index is 3.74. The third-order valence-electron chi connectivity index (χ3n) is 4.35. The summed E-state index contributed by atoms with van der Waals surface area (Å²) < 4.78 is 0.381. The molecule has 1 aromatic rings. The first kappa shape index (κ1) is 16.6. The fourth-order valence-electron chi connectivity index (χ4n) is 2.54. The Hall–Kier alpha value is -0.470. The van der Waals surface area contributed by atoms with Crippen LogP contribution in [0.3, 0.4) is 0 Å². The second-order valence-electron chi connectivity index (χ2n) is 5.56. The highest BCUT2D eigenvalue weighted by atomic mass is 32.2. The van der Waals surface area contributed by atoms with Gasteiger partial charge in [-0.05, 0) is 51.0 Å². The van der Waals surface area contributed by atoms with E-state index in [0.717, 1.165) is 6.54 Å². The monoisotopic (exact) mass is 279 g/mol. The highest BCUT2D eigenvalue weighted by Crippen LogP contribution is 2.30. The van der Waals surface area contributed by atoms with E-state index in [2.05, 4.69) is 64.4 Å². The van der Waals surface area contributed by atoms with Crippen molar-refractivity contribution in [3.8, 4) is 0 Å². The number of hydrogen-bond acceptors (Lipinski definition) is 2. The van der Waals surface area contributed by atoms with Crippen LogP contribution < -0.4 is 5.32 Å². The van der Waals surface area contributed by atoms with Gasteiger partial charge in [-0.15, -0.1) is 0 Å². The Morgan fingerprint density at radius 1 is 1.21 bits per heavy atom. The van der Waals surface area contributed by atoms with E-state index in [1.54, 1.807) is 0 Å². The number of benzene rings is 1. The predicted octanol–water partition coefficient (Wildman–Crippen LogP) is 4.88. The molecular formula is C17H29NS. The molecule has 1 rings (SSSR count). The Balaban J connectivity index is 2.74. The summed E-state index contributed by atoms with van der Waals surface area (Å²) in [6.07, 6.45) is 4.67. The second kappa shape index (κ2) is 7.35. The van der Waals surface area contributed by atoms with Gasteiger partial charge in [0.1, 0.15) is 0 Å². The lowest BCUT2D eigenvalue weighted by atomic mass is 9.98. The largest absolute Gasteiger partial charge is 0.309 e. The van der Waals surface area contributed by atoms with E-state index in [0.29, 0.717) is 10.8 Å². The quantitative estimate of drug-likeness (QED) is 0.763. The molecule has 1 unspecified atom stereocenters. The third kappa shape index (κ3) is 4.25. The van der Waals surface area contributed by atoms with Crippen LogP contribution in [-0.2, 0) is 0 Å². The average Bonchev–Trinajstić information content (AvgIpc) is 2.43. The standard InChI is InChI=1S/C17H29NS/c1-7-17(8-2,19-6)12-18-15(5)16-11-13(3)9-10-14(16)4/h9-11,15,18H,7-8,12H2,1-6H3. The van der Waals surface area contributed by atoms with Crippen molar-refractivity contribution < 1.29 is 0 Å². The van der Waals surface area contributed by atoms with Crippen LogP contribution in [0.4, 0.5) is 0 Å². The average molecular weight is 279 g/mol. The molecule has 0 saturated heterocycles.